The molecule has 0 bridgehead atoms. The number of pyridine rings is 1. The van der Waals surface area contributed by atoms with Crippen molar-refractivity contribution in [3.05, 3.63) is 90.9 Å². The molecule has 6 aromatic rings. The molecule has 3 aromatic heterocycles. The van der Waals surface area contributed by atoms with Crippen molar-refractivity contribution in [3.63, 3.8) is 0 Å². The van der Waals surface area contributed by atoms with Gasteiger partial charge < -0.3 is 29.6 Å². The standard InChI is InChI=1S/C36H37N7O5/c1-36(2,3)48-35(44)43-30-12-11-27(17-25(30)22-39-43)40-34-28-18-32(47-15-14-45-4)31(46-5)19-29(28)41-33(42-34)24-9-6-10-26(16-24)38-21-23-8-7-13-37-20-23/h6-13,16-20,22,38H,14-15,21H2,1-5H3,(H,40,41,42). The Hall–Kier alpha value is -5.75. The van der Waals surface area contributed by atoms with E-state index in [1.54, 1.807) is 26.6 Å². The molecule has 0 fully saturated rings. The molecule has 246 valence electrons. The van der Waals surface area contributed by atoms with E-state index in [2.05, 4.69) is 20.7 Å². The monoisotopic (exact) mass is 647 g/mol. The molecule has 0 aliphatic heterocycles. The van der Waals surface area contributed by atoms with E-state index in [9.17, 15) is 4.79 Å². The molecular weight excluding hydrogens is 610 g/mol. The van der Waals surface area contributed by atoms with E-state index in [1.165, 1.54) is 4.68 Å². The smallest absolute Gasteiger partial charge is 0.435 e. The fourth-order valence-corrected chi connectivity index (χ4v) is 5.04. The van der Waals surface area contributed by atoms with E-state index in [0.717, 1.165) is 33.3 Å². The Morgan fingerprint density at radius 3 is 2.54 bits per heavy atom. The summed E-state index contributed by atoms with van der Waals surface area (Å²) in [5.41, 5.74) is 4.18. The van der Waals surface area contributed by atoms with E-state index in [0.29, 0.717) is 53.9 Å². The van der Waals surface area contributed by atoms with Gasteiger partial charge in [-0.3, -0.25) is 4.98 Å². The minimum atomic E-state index is -0.646. The number of hydrogen-bond acceptors (Lipinski definition) is 11. The second-order valence-corrected chi connectivity index (χ2v) is 12.0. The Balaban J connectivity index is 1.38. The minimum absolute atomic E-state index is 0.344. The van der Waals surface area contributed by atoms with E-state index in [1.807, 2.05) is 93.7 Å². The maximum absolute atomic E-state index is 12.8. The van der Waals surface area contributed by atoms with Gasteiger partial charge in [0.1, 0.15) is 18.0 Å². The second-order valence-electron chi connectivity index (χ2n) is 12.0. The van der Waals surface area contributed by atoms with Crippen molar-refractivity contribution in [3.8, 4) is 22.9 Å². The number of carbonyl (C=O) groups is 1. The Morgan fingerprint density at radius 2 is 1.77 bits per heavy atom. The quantitative estimate of drug-likeness (QED) is 0.138. The first-order valence-corrected chi connectivity index (χ1v) is 15.4. The third-order valence-corrected chi connectivity index (χ3v) is 7.26. The average molecular weight is 648 g/mol. The summed E-state index contributed by atoms with van der Waals surface area (Å²) >= 11 is 0. The largest absolute Gasteiger partial charge is 0.493 e. The number of nitrogens with zero attached hydrogens (tertiary/aromatic N) is 5. The van der Waals surface area contributed by atoms with Gasteiger partial charge in [0, 0.05) is 59.8 Å². The molecule has 48 heavy (non-hydrogen) atoms. The maximum atomic E-state index is 12.8. The second kappa shape index (κ2) is 13.9. The Kier molecular flexibility index (Phi) is 9.35. The number of rotatable bonds is 11. The molecule has 2 N–H and O–H groups in total. The molecule has 12 nitrogen and oxygen atoms in total. The normalized spacial score (nSPS) is 11.4. The molecule has 12 heteroatoms. The molecule has 3 aromatic carbocycles. The van der Waals surface area contributed by atoms with Crippen molar-refractivity contribution < 1.29 is 23.7 Å². The highest BCUT2D eigenvalue weighted by atomic mass is 16.6. The van der Waals surface area contributed by atoms with Gasteiger partial charge in [-0.05, 0) is 68.8 Å². The van der Waals surface area contributed by atoms with Crippen molar-refractivity contribution >= 4 is 45.1 Å². The van der Waals surface area contributed by atoms with Gasteiger partial charge >= 0.3 is 6.09 Å². The number of aromatic nitrogens is 5. The van der Waals surface area contributed by atoms with Gasteiger partial charge in [-0.25, -0.2) is 14.8 Å². The predicted molar refractivity (Wildman–Crippen MR) is 185 cm³/mol. The zero-order chi connectivity index (χ0) is 33.7. The number of methoxy groups -OCH3 is 2. The van der Waals surface area contributed by atoms with Gasteiger partial charge in [-0.15, -0.1) is 0 Å². The number of anilines is 3. The van der Waals surface area contributed by atoms with Gasteiger partial charge in [0.2, 0.25) is 0 Å². The van der Waals surface area contributed by atoms with E-state index in [-0.39, 0.29) is 0 Å². The van der Waals surface area contributed by atoms with Gasteiger partial charge in [-0.2, -0.15) is 9.78 Å². The molecular formula is C36H37N7O5. The summed E-state index contributed by atoms with van der Waals surface area (Å²) in [4.78, 5) is 26.9. The van der Waals surface area contributed by atoms with Crippen LogP contribution in [0.15, 0.2) is 85.3 Å². The SMILES string of the molecule is COCCOc1cc2c(Nc3ccc4c(cnn4C(=O)OC(C)(C)C)c3)nc(-c3cccc(NCc4cccnc4)c3)nc2cc1OC. The molecule has 0 aliphatic rings. The predicted octanol–water partition coefficient (Wildman–Crippen LogP) is 7.21. The van der Waals surface area contributed by atoms with Crippen LogP contribution in [0, 0.1) is 0 Å². The number of nitrogens with one attached hydrogen (secondary N) is 2. The van der Waals surface area contributed by atoms with Crippen molar-refractivity contribution in [2.75, 3.05) is 38.1 Å². The number of ether oxygens (including phenoxy) is 4. The molecule has 0 spiro atoms. The van der Waals surface area contributed by atoms with Crippen LogP contribution >= 0.6 is 0 Å². The fraction of sp³-hybridized carbons (Fsp3) is 0.250. The van der Waals surface area contributed by atoms with Crippen molar-refractivity contribution in [1.29, 1.82) is 0 Å². The molecule has 0 amide bonds. The van der Waals surface area contributed by atoms with Gasteiger partial charge in [-0.1, -0.05) is 18.2 Å². The van der Waals surface area contributed by atoms with Crippen LogP contribution in [-0.2, 0) is 16.0 Å². The van der Waals surface area contributed by atoms with Crippen LogP contribution in [0.2, 0.25) is 0 Å². The van der Waals surface area contributed by atoms with E-state index in [4.69, 9.17) is 28.9 Å². The lowest BCUT2D eigenvalue weighted by molar-refractivity contribution is 0.0522. The number of carbonyl (C=O) groups excluding carboxylic acids is 1. The van der Waals surface area contributed by atoms with Crippen LogP contribution in [0.3, 0.4) is 0 Å². The Morgan fingerprint density at radius 1 is 0.896 bits per heavy atom. The number of benzene rings is 3. The zero-order valence-corrected chi connectivity index (χ0v) is 27.5. The summed E-state index contributed by atoms with van der Waals surface area (Å²) in [7, 11) is 3.21. The molecule has 6 rings (SSSR count). The maximum Gasteiger partial charge on any atom is 0.435 e. The number of fused-ring (bicyclic) bond motifs is 2. The van der Waals surface area contributed by atoms with Gasteiger partial charge in [0.05, 0.1) is 30.9 Å². The molecule has 0 saturated carbocycles. The van der Waals surface area contributed by atoms with E-state index >= 15 is 0 Å². The Labute approximate surface area is 278 Å². The van der Waals surface area contributed by atoms with Crippen molar-refractivity contribution in [1.82, 2.24) is 24.7 Å². The molecule has 3 heterocycles. The van der Waals surface area contributed by atoms with Gasteiger partial charge in [0.25, 0.3) is 0 Å². The van der Waals surface area contributed by atoms with Crippen LogP contribution in [0.25, 0.3) is 33.2 Å². The molecule has 0 radical (unpaired) electrons. The summed E-state index contributed by atoms with van der Waals surface area (Å²) in [6, 6.07) is 21.2. The van der Waals surface area contributed by atoms with Crippen LogP contribution in [0.1, 0.15) is 26.3 Å². The van der Waals surface area contributed by atoms with Crippen LogP contribution in [0.5, 0.6) is 11.5 Å². The average Bonchev–Trinajstić information content (AvgIpc) is 3.51. The third-order valence-electron chi connectivity index (χ3n) is 7.26. The topological polar surface area (TPSA) is 135 Å². The van der Waals surface area contributed by atoms with Crippen molar-refractivity contribution in [2.45, 2.75) is 32.9 Å². The molecule has 0 saturated heterocycles. The highest BCUT2D eigenvalue weighted by molar-refractivity contribution is 5.96. The first-order valence-electron chi connectivity index (χ1n) is 15.4. The highest BCUT2D eigenvalue weighted by Gasteiger charge is 2.21. The summed E-state index contributed by atoms with van der Waals surface area (Å²) in [5, 5.41) is 12.7. The van der Waals surface area contributed by atoms with E-state index < -0.39 is 11.7 Å². The lowest BCUT2D eigenvalue weighted by Crippen LogP contribution is -2.27. The highest BCUT2D eigenvalue weighted by Crippen LogP contribution is 2.37. The van der Waals surface area contributed by atoms with Crippen LogP contribution in [-0.4, -0.2) is 63.9 Å². The van der Waals surface area contributed by atoms with Crippen molar-refractivity contribution in [2.24, 2.45) is 0 Å². The van der Waals surface area contributed by atoms with Crippen LogP contribution < -0.4 is 20.1 Å². The summed E-state index contributed by atoms with van der Waals surface area (Å²) in [5.74, 6) is 2.15. The lowest BCUT2D eigenvalue weighted by Gasteiger charge is -2.19. The minimum Gasteiger partial charge on any atom is -0.493 e. The molecule has 0 aliphatic carbocycles. The first-order chi connectivity index (χ1) is 23.2. The molecule has 0 unspecified atom stereocenters. The fourth-order valence-electron chi connectivity index (χ4n) is 5.04. The third kappa shape index (κ3) is 7.45. The van der Waals surface area contributed by atoms with Crippen LogP contribution in [0.4, 0.5) is 22.0 Å². The summed E-state index contributed by atoms with van der Waals surface area (Å²) in [6.07, 6.45) is 4.68. The van der Waals surface area contributed by atoms with Gasteiger partial charge in [0.15, 0.2) is 17.3 Å². The number of hydrogen-bond donors (Lipinski definition) is 2. The summed E-state index contributed by atoms with van der Waals surface area (Å²) < 4.78 is 23.6. The first kappa shape index (κ1) is 32.2. The zero-order valence-electron chi connectivity index (χ0n) is 27.5. The summed E-state index contributed by atoms with van der Waals surface area (Å²) in [6.45, 7) is 6.84. The lowest BCUT2D eigenvalue weighted by atomic mass is 10.1. The Bertz CT molecular complexity index is 2060. The molecule has 0 atom stereocenters.